The minimum atomic E-state index is 0.628. The van der Waals surface area contributed by atoms with Gasteiger partial charge in [0.1, 0.15) is 0 Å². The zero-order chi connectivity index (χ0) is 15.4. The summed E-state index contributed by atoms with van der Waals surface area (Å²) in [4.78, 5) is 0. The van der Waals surface area contributed by atoms with Crippen LogP contribution in [0, 0.1) is 10.9 Å². The van der Waals surface area contributed by atoms with Crippen molar-refractivity contribution in [2.45, 2.75) is 19.9 Å². The number of aryl methyl sites for hydroxylation is 2. The van der Waals surface area contributed by atoms with E-state index in [1.54, 1.807) is 32.7 Å². The highest BCUT2D eigenvalue weighted by Crippen LogP contribution is 2.40. The number of benzene rings is 1. The maximum absolute atomic E-state index is 5.50. The second-order valence-corrected chi connectivity index (χ2v) is 6.04. The van der Waals surface area contributed by atoms with E-state index in [1.165, 1.54) is 5.69 Å². The summed E-state index contributed by atoms with van der Waals surface area (Å²) in [7, 11) is 4.87. The minimum absolute atomic E-state index is 0.628. The van der Waals surface area contributed by atoms with E-state index in [4.69, 9.17) is 26.4 Å². The van der Waals surface area contributed by atoms with Gasteiger partial charge in [0.2, 0.25) is 5.75 Å². The van der Waals surface area contributed by atoms with Gasteiger partial charge in [-0.1, -0.05) is 6.07 Å². The lowest BCUT2D eigenvalue weighted by Gasteiger charge is -2.16. The number of hydrogen-bond donors (Lipinski definition) is 0. The topological polar surface area (TPSA) is 32.6 Å². The van der Waals surface area contributed by atoms with Crippen LogP contribution in [0.4, 0.5) is 0 Å². The maximum Gasteiger partial charge on any atom is 0.203 e. The number of hydrogen-bond acceptors (Lipinski definition) is 5. The highest BCUT2D eigenvalue weighted by Gasteiger charge is 2.15. The average Bonchev–Trinajstić information content (AvgIpc) is 2.82. The smallest absolute Gasteiger partial charge is 0.203 e. The molecule has 0 bridgehead atoms. The van der Waals surface area contributed by atoms with Gasteiger partial charge in [-0.2, -0.15) is 0 Å². The van der Waals surface area contributed by atoms with Gasteiger partial charge in [0.15, 0.2) is 15.5 Å². The van der Waals surface area contributed by atoms with Crippen molar-refractivity contribution in [1.82, 2.24) is 4.57 Å². The van der Waals surface area contributed by atoms with Gasteiger partial charge < -0.3 is 18.8 Å². The second kappa shape index (κ2) is 6.95. The molecule has 0 saturated heterocycles. The molecule has 0 aliphatic carbocycles. The third kappa shape index (κ3) is 3.22. The lowest BCUT2D eigenvalue weighted by atomic mass is 10.1. The molecule has 0 N–H and O–H groups in total. The Morgan fingerprint density at radius 3 is 2.33 bits per heavy atom. The molecule has 0 saturated carbocycles. The number of rotatable bonds is 6. The Morgan fingerprint density at radius 2 is 1.81 bits per heavy atom. The molecule has 0 unspecified atom stereocenters. The van der Waals surface area contributed by atoms with Crippen LogP contribution in [0.3, 0.4) is 0 Å². The molecule has 0 amide bonds. The normalized spacial score (nSPS) is 10.5. The predicted octanol–water partition coefficient (Wildman–Crippen LogP) is 3.86. The summed E-state index contributed by atoms with van der Waals surface area (Å²) in [5, 5.41) is 2.08. The Kier molecular flexibility index (Phi) is 5.25. The van der Waals surface area contributed by atoms with Crippen LogP contribution in [0.2, 0.25) is 0 Å². The van der Waals surface area contributed by atoms with Crippen LogP contribution in [-0.4, -0.2) is 25.9 Å². The van der Waals surface area contributed by atoms with E-state index < -0.39 is 0 Å². The minimum Gasteiger partial charge on any atom is -0.493 e. The third-order valence-corrected chi connectivity index (χ3v) is 4.76. The van der Waals surface area contributed by atoms with Gasteiger partial charge in [-0.3, -0.25) is 0 Å². The van der Waals surface area contributed by atoms with E-state index in [0.717, 1.165) is 28.2 Å². The van der Waals surface area contributed by atoms with Crippen LogP contribution in [0.15, 0.2) is 17.5 Å². The zero-order valence-corrected chi connectivity index (χ0v) is 14.3. The van der Waals surface area contributed by atoms with Crippen molar-refractivity contribution in [2.24, 2.45) is 0 Å². The first-order chi connectivity index (χ1) is 10.1. The number of ether oxygens (including phenoxy) is 3. The molecule has 2 rings (SSSR count). The third-order valence-electron chi connectivity index (χ3n) is 3.37. The Balaban J connectivity index is 2.30. The molecule has 2 aromatic rings. The largest absolute Gasteiger partial charge is 0.493 e. The van der Waals surface area contributed by atoms with E-state index in [0.29, 0.717) is 11.5 Å². The summed E-state index contributed by atoms with van der Waals surface area (Å²) < 4.78 is 19.2. The summed E-state index contributed by atoms with van der Waals surface area (Å²) in [6.07, 6.45) is 0.815. The summed E-state index contributed by atoms with van der Waals surface area (Å²) in [5.41, 5.74) is 2.26. The van der Waals surface area contributed by atoms with Crippen molar-refractivity contribution in [1.29, 1.82) is 0 Å². The van der Waals surface area contributed by atoms with Crippen LogP contribution >= 0.6 is 23.6 Å². The van der Waals surface area contributed by atoms with Crippen LogP contribution in [-0.2, 0) is 13.0 Å². The van der Waals surface area contributed by atoms with Crippen molar-refractivity contribution < 1.29 is 14.2 Å². The van der Waals surface area contributed by atoms with Gasteiger partial charge in [-0.25, -0.2) is 0 Å². The first-order valence-corrected chi connectivity index (χ1v) is 7.84. The number of methoxy groups -OCH3 is 3. The summed E-state index contributed by atoms with van der Waals surface area (Å²) in [6.45, 7) is 2.89. The summed E-state index contributed by atoms with van der Waals surface area (Å²) >= 11 is 6.93. The summed E-state index contributed by atoms with van der Waals surface area (Å²) in [5.74, 6) is 2.01. The van der Waals surface area contributed by atoms with Gasteiger partial charge in [0.05, 0.1) is 21.3 Å². The fraction of sp³-hybridized carbons (Fsp3) is 0.400. The van der Waals surface area contributed by atoms with E-state index >= 15 is 0 Å². The fourth-order valence-electron chi connectivity index (χ4n) is 2.27. The van der Waals surface area contributed by atoms with E-state index in [9.17, 15) is 0 Å². The van der Waals surface area contributed by atoms with Crippen LogP contribution < -0.4 is 14.2 Å². The van der Waals surface area contributed by atoms with Crippen molar-refractivity contribution in [3.05, 3.63) is 32.7 Å². The fourth-order valence-corrected chi connectivity index (χ4v) is 3.41. The Morgan fingerprint density at radius 1 is 1.10 bits per heavy atom. The maximum atomic E-state index is 5.50. The van der Waals surface area contributed by atoms with Crippen molar-refractivity contribution in [3.63, 3.8) is 0 Å². The lowest BCUT2D eigenvalue weighted by molar-refractivity contribution is 0.322. The van der Waals surface area contributed by atoms with Gasteiger partial charge >= 0.3 is 0 Å². The van der Waals surface area contributed by atoms with Crippen LogP contribution in [0.25, 0.3) is 0 Å². The first kappa shape index (κ1) is 15.9. The highest BCUT2D eigenvalue weighted by atomic mass is 32.1. The molecule has 0 radical (unpaired) electrons. The molecular weight excluding hydrogens is 306 g/mol. The second-order valence-electron chi connectivity index (χ2n) is 4.54. The van der Waals surface area contributed by atoms with Gasteiger partial charge in [0.25, 0.3) is 0 Å². The van der Waals surface area contributed by atoms with Gasteiger partial charge in [-0.15, -0.1) is 11.3 Å². The molecule has 0 spiro atoms. The monoisotopic (exact) mass is 325 g/mol. The SMILES string of the molecule is COc1ccc(CCn2c(C)csc2=S)c(OC)c1OC. The molecule has 1 aromatic heterocycles. The molecule has 4 nitrogen and oxygen atoms in total. The molecule has 1 aromatic carbocycles. The Labute approximate surface area is 133 Å². The van der Waals surface area contributed by atoms with Gasteiger partial charge in [0, 0.05) is 23.2 Å². The molecule has 0 aliphatic heterocycles. The molecule has 6 heteroatoms. The van der Waals surface area contributed by atoms with E-state index in [2.05, 4.69) is 16.9 Å². The average molecular weight is 325 g/mol. The summed E-state index contributed by atoms with van der Waals surface area (Å²) in [6, 6.07) is 3.90. The van der Waals surface area contributed by atoms with Gasteiger partial charge in [-0.05, 0) is 31.6 Å². The number of nitrogens with zero attached hydrogens (tertiary/aromatic N) is 1. The standard InChI is InChI=1S/C15H19NO3S2/c1-10-9-21-15(20)16(10)8-7-11-5-6-12(17-2)14(19-4)13(11)18-3/h5-6,9H,7-8H2,1-4H3. The van der Waals surface area contributed by atoms with Crippen molar-refractivity contribution >= 4 is 23.6 Å². The number of aromatic nitrogens is 1. The molecule has 0 fully saturated rings. The Hall–Kier alpha value is -1.53. The van der Waals surface area contributed by atoms with Crippen LogP contribution in [0.1, 0.15) is 11.3 Å². The molecular formula is C15H19NO3S2. The Bertz CT molecular complexity index is 676. The van der Waals surface area contributed by atoms with Crippen LogP contribution in [0.5, 0.6) is 17.2 Å². The number of thiazole rings is 1. The van der Waals surface area contributed by atoms with Crippen molar-refractivity contribution in [2.75, 3.05) is 21.3 Å². The van der Waals surface area contributed by atoms with E-state index in [1.807, 2.05) is 12.1 Å². The van der Waals surface area contributed by atoms with E-state index in [-0.39, 0.29) is 0 Å². The zero-order valence-electron chi connectivity index (χ0n) is 12.6. The molecule has 1 heterocycles. The van der Waals surface area contributed by atoms with Crippen molar-refractivity contribution in [3.8, 4) is 17.2 Å². The predicted molar refractivity (Wildman–Crippen MR) is 87.7 cm³/mol. The molecule has 0 atom stereocenters. The molecule has 0 aliphatic rings. The first-order valence-electron chi connectivity index (χ1n) is 6.55. The molecule has 114 valence electrons. The molecule has 21 heavy (non-hydrogen) atoms. The quantitative estimate of drug-likeness (QED) is 0.755. The highest BCUT2D eigenvalue weighted by molar-refractivity contribution is 7.73. The lowest BCUT2D eigenvalue weighted by Crippen LogP contribution is -2.05.